The molecule has 0 spiro atoms. The first-order chi connectivity index (χ1) is 8.98. The Kier molecular flexibility index (Phi) is 3.75. The van der Waals surface area contributed by atoms with Crippen LogP contribution in [0, 0.1) is 5.82 Å². The van der Waals surface area contributed by atoms with Crippen LogP contribution in [0.3, 0.4) is 0 Å². The van der Waals surface area contributed by atoms with Gasteiger partial charge in [0.15, 0.2) is 0 Å². The zero-order valence-electron chi connectivity index (χ0n) is 11.6. The van der Waals surface area contributed by atoms with Crippen molar-refractivity contribution in [3.05, 3.63) is 29.6 Å². The highest BCUT2D eigenvalue weighted by Crippen LogP contribution is 2.30. The first kappa shape index (κ1) is 13.8. The second-order valence-electron chi connectivity index (χ2n) is 5.23. The largest absolute Gasteiger partial charge is 0.355 e. The van der Waals surface area contributed by atoms with E-state index in [4.69, 9.17) is 0 Å². The summed E-state index contributed by atoms with van der Waals surface area (Å²) in [5.41, 5.74) is 0.719. The van der Waals surface area contributed by atoms with E-state index >= 15 is 0 Å². The van der Waals surface area contributed by atoms with Crippen molar-refractivity contribution in [2.45, 2.75) is 25.9 Å². The first-order valence-corrected chi connectivity index (χ1v) is 6.46. The van der Waals surface area contributed by atoms with E-state index in [2.05, 4.69) is 10.6 Å². The van der Waals surface area contributed by atoms with Gasteiger partial charge in [-0.05, 0) is 33.0 Å². The van der Waals surface area contributed by atoms with Crippen molar-refractivity contribution < 1.29 is 9.18 Å². The molecular formula is C14H20FN3O. The van der Waals surface area contributed by atoms with E-state index in [1.165, 1.54) is 6.07 Å². The predicted molar refractivity (Wildman–Crippen MR) is 73.6 cm³/mol. The summed E-state index contributed by atoms with van der Waals surface area (Å²) >= 11 is 0. The molecule has 1 saturated heterocycles. The molecule has 1 amide bonds. The molecule has 2 N–H and O–H groups in total. The average Bonchev–Trinajstić information content (AvgIpc) is 2.36. The van der Waals surface area contributed by atoms with Gasteiger partial charge >= 0.3 is 0 Å². The number of anilines is 1. The lowest BCUT2D eigenvalue weighted by Gasteiger charge is -2.43. The van der Waals surface area contributed by atoms with Crippen molar-refractivity contribution in [2.75, 3.05) is 25.0 Å². The van der Waals surface area contributed by atoms with Crippen LogP contribution in [-0.2, 0) is 11.3 Å². The summed E-state index contributed by atoms with van der Waals surface area (Å²) in [5.74, 6) is -0.271. The third kappa shape index (κ3) is 2.42. The van der Waals surface area contributed by atoms with E-state index in [0.717, 1.165) is 5.69 Å². The van der Waals surface area contributed by atoms with Gasteiger partial charge in [-0.3, -0.25) is 4.79 Å². The number of benzene rings is 1. The van der Waals surface area contributed by atoms with Crippen LogP contribution in [0.4, 0.5) is 10.1 Å². The zero-order valence-corrected chi connectivity index (χ0v) is 11.6. The van der Waals surface area contributed by atoms with E-state index in [1.807, 2.05) is 24.8 Å². The van der Waals surface area contributed by atoms with Crippen molar-refractivity contribution in [3.8, 4) is 0 Å². The summed E-state index contributed by atoms with van der Waals surface area (Å²) in [5, 5.41) is 5.82. The highest BCUT2D eigenvalue weighted by Gasteiger charge is 2.38. The van der Waals surface area contributed by atoms with Crippen LogP contribution >= 0.6 is 0 Å². The van der Waals surface area contributed by atoms with E-state index in [0.29, 0.717) is 25.2 Å². The number of carbonyl (C=O) groups excluding carboxylic acids is 1. The molecule has 0 radical (unpaired) electrons. The minimum absolute atomic E-state index is 0.0292. The topological polar surface area (TPSA) is 44.4 Å². The van der Waals surface area contributed by atoms with Gasteiger partial charge in [-0.1, -0.05) is 6.07 Å². The number of hydrogen-bond acceptors (Lipinski definition) is 3. The van der Waals surface area contributed by atoms with Crippen molar-refractivity contribution in [2.24, 2.45) is 0 Å². The van der Waals surface area contributed by atoms with Gasteiger partial charge in [-0.2, -0.15) is 0 Å². The molecule has 1 aliphatic rings. The molecule has 2 rings (SSSR count). The van der Waals surface area contributed by atoms with Crippen LogP contribution in [0.5, 0.6) is 0 Å². The molecule has 104 valence electrons. The van der Waals surface area contributed by atoms with E-state index in [1.54, 1.807) is 13.1 Å². The standard InChI is InChI=1S/C14H20FN3O/c1-14(2)13(19)17-7-8-18(14)12-6-4-5-11(15)10(12)9-16-3/h4-6,16H,7-9H2,1-3H3,(H,17,19). The molecule has 19 heavy (non-hydrogen) atoms. The van der Waals surface area contributed by atoms with Crippen molar-refractivity contribution in [1.29, 1.82) is 0 Å². The minimum atomic E-state index is -0.672. The van der Waals surface area contributed by atoms with Crippen molar-refractivity contribution >= 4 is 11.6 Å². The SMILES string of the molecule is CNCc1c(F)cccc1N1CCNC(=O)C1(C)C. The maximum absolute atomic E-state index is 14.0. The Morgan fingerprint density at radius 2 is 2.21 bits per heavy atom. The molecule has 1 aliphatic heterocycles. The molecule has 0 aliphatic carbocycles. The number of halogens is 1. The number of amides is 1. The molecule has 1 fully saturated rings. The number of piperazine rings is 1. The molecule has 4 nitrogen and oxygen atoms in total. The maximum Gasteiger partial charge on any atom is 0.245 e. The van der Waals surface area contributed by atoms with Gasteiger partial charge in [-0.25, -0.2) is 4.39 Å². The molecule has 5 heteroatoms. The Morgan fingerprint density at radius 3 is 2.89 bits per heavy atom. The van der Waals surface area contributed by atoms with Crippen LogP contribution in [0.2, 0.25) is 0 Å². The highest BCUT2D eigenvalue weighted by atomic mass is 19.1. The zero-order chi connectivity index (χ0) is 14.0. The molecule has 0 unspecified atom stereocenters. The number of nitrogens with zero attached hydrogens (tertiary/aromatic N) is 1. The molecule has 0 atom stereocenters. The Balaban J connectivity index is 2.46. The number of hydrogen-bond donors (Lipinski definition) is 2. The van der Waals surface area contributed by atoms with E-state index in [9.17, 15) is 9.18 Å². The van der Waals surface area contributed by atoms with Crippen LogP contribution in [0.1, 0.15) is 19.4 Å². The molecule has 0 saturated carbocycles. The number of carbonyl (C=O) groups is 1. The quantitative estimate of drug-likeness (QED) is 0.865. The van der Waals surface area contributed by atoms with Crippen LogP contribution in [0.25, 0.3) is 0 Å². The molecule has 0 bridgehead atoms. The highest BCUT2D eigenvalue weighted by molar-refractivity contribution is 5.90. The lowest BCUT2D eigenvalue weighted by atomic mass is 9.96. The van der Waals surface area contributed by atoms with E-state index in [-0.39, 0.29) is 11.7 Å². The predicted octanol–water partition coefficient (Wildman–Crippen LogP) is 1.26. The monoisotopic (exact) mass is 265 g/mol. The third-order valence-electron chi connectivity index (χ3n) is 3.59. The van der Waals surface area contributed by atoms with Gasteiger partial charge < -0.3 is 15.5 Å². The van der Waals surface area contributed by atoms with Crippen LogP contribution in [-0.4, -0.2) is 31.6 Å². The molecular weight excluding hydrogens is 245 g/mol. The fourth-order valence-electron chi connectivity index (χ4n) is 2.47. The van der Waals surface area contributed by atoms with Crippen molar-refractivity contribution in [1.82, 2.24) is 10.6 Å². The fourth-order valence-corrected chi connectivity index (χ4v) is 2.47. The Hall–Kier alpha value is -1.62. The van der Waals surface area contributed by atoms with E-state index < -0.39 is 5.54 Å². The van der Waals surface area contributed by atoms with Crippen LogP contribution < -0.4 is 15.5 Å². The number of rotatable bonds is 3. The Bertz CT molecular complexity index is 488. The van der Waals surface area contributed by atoms with Gasteiger partial charge in [0.1, 0.15) is 11.4 Å². The summed E-state index contributed by atoms with van der Waals surface area (Å²) in [6, 6.07) is 5.01. The average molecular weight is 265 g/mol. The lowest BCUT2D eigenvalue weighted by molar-refractivity contribution is -0.126. The summed E-state index contributed by atoms with van der Waals surface area (Å²) < 4.78 is 14.0. The summed E-state index contributed by atoms with van der Waals surface area (Å²) in [6.45, 7) is 5.41. The second kappa shape index (κ2) is 5.17. The minimum Gasteiger partial charge on any atom is -0.355 e. The lowest BCUT2D eigenvalue weighted by Crippen LogP contribution is -2.62. The molecule has 0 aromatic heterocycles. The third-order valence-corrected chi connectivity index (χ3v) is 3.59. The van der Waals surface area contributed by atoms with Crippen molar-refractivity contribution in [3.63, 3.8) is 0 Å². The van der Waals surface area contributed by atoms with Gasteiger partial charge in [0.25, 0.3) is 0 Å². The first-order valence-electron chi connectivity index (χ1n) is 6.46. The summed E-state index contributed by atoms with van der Waals surface area (Å²) in [4.78, 5) is 14.0. The fraction of sp³-hybridized carbons (Fsp3) is 0.500. The van der Waals surface area contributed by atoms with Gasteiger partial charge in [-0.15, -0.1) is 0 Å². The Labute approximate surface area is 113 Å². The molecule has 1 aromatic rings. The normalized spacial score (nSPS) is 18.3. The number of nitrogens with one attached hydrogen (secondary N) is 2. The van der Waals surface area contributed by atoms with Gasteiger partial charge in [0.05, 0.1) is 0 Å². The van der Waals surface area contributed by atoms with Crippen LogP contribution in [0.15, 0.2) is 18.2 Å². The summed E-state index contributed by atoms with van der Waals surface area (Å²) in [7, 11) is 1.78. The smallest absolute Gasteiger partial charge is 0.245 e. The second-order valence-corrected chi connectivity index (χ2v) is 5.23. The molecule has 1 aromatic carbocycles. The Morgan fingerprint density at radius 1 is 1.47 bits per heavy atom. The summed E-state index contributed by atoms with van der Waals surface area (Å²) in [6.07, 6.45) is 0. The van der Waals surface area contributed by atoms with Gasteiger partial charge in [0.2, 0.25) is 5.91 Å². The van der Waals surface area contributed by atoms with Gasteiger partial charge in [0, 0.05) is 30.9 Å². The maximum atomic E-state index is 14.0. The molecule has 1 heterocycles.